The number of benzene rings is 3. The number of carboxylic acid groups (broad SMARTS) is 1. The summed E-state index contributed by atoms with van der Waals surface area (Å²) < 4.78 is 21.9. The molecular weight excluding hydrogens is 443 g/mol. The van der Waals surface area contributed by atoms with Crippen LogP contribution >= 0.6 is 0 Å². The van der Waals surface area contributed by atoms with Crippen molar-refractivity contribution >= 4 is 23.1 Å². The lowest BCUT2D eigenvalue weighted by molar-refractivity contribution is 0.0697. The van der Waals surface area contributed by atoms with Gasteiger partial charge in [-0.05, 0) is 78.1 Å². The molecule has 3 aromatic carbocycles. The van der Waals surface area contributed by atoms with Crippen LogP contribution in [0.2, 0.25) is 0 Å². The first-order valence-electron chi connectivity index (χ1n) is 11.8. The number of hydrogen-bond acceptors (Lipinski definition) is 3. The van der Waals surface area contributed by atoms with E-state index in [4.69, 9.17) is 4.74 Å². The van der Waals surface area contributed by atoms with E-state index in [9.17, 15) is 14.3 Å². The second kappa shape index (κ2) is 8.17. The fourth-order valence-electron chi connectivity index (χ4n) is 5.66. The van der Waals surface area contributed by atoms with Gasteiger partial charge in [-0.15, -0.1) is 0 Å². The molecule has 1 N–H and O–H groups in total. The second-order valence-electron chi connectivity index (χ2n) is 9.52. The van der Waals surface area contributed by atoms with Gasteiger partial charge in [-0.1, -0.05) is 18.6 Å². The van der Waals surface area contributed by atoms with E-state index in [0.717, 1.165) is 63.8 Å². The molecule has 1 aliphatic carbocycles. The molecule has 0 amide bonds. The third-order valence-electron chi connectivity index (χ3n) is 7.46. The van der Waals surface area contributed by atoms with E-state index in [-0.39, 0.29) is 16.8 Å². The summed E-state index contributed by atoms with van der Waals surface area (Å²) >= 11 is 0. The molecule has 1 fully saturated rings. The molecule has 1 aromatic heterocycles. The van der Waals surface area contributed by atoms with Crippen molar-refractivity contribution in [1.29, 1.82) is 0 Å². The van der Waals surface area contributed by atoms with Crippen molar-refractivity contribution < 1.29 is 19.0 Å². The summed E-state index contributed by atoms with van der Waals surface area (Å²) in [6, 6.07) is 18.1. The average molecular weight is 469 g/mol. The van der Waals surface area contributed by atoms with Crippen LogP contribution in [0.4, 0.5) is 4.39 Å². The molecule has 0 radical (unpaired) electrons. The Bertz CT molecular complexity index is 1480. The molecule has 5 nitrogen and oxygen atoms in total. The minimum atomic E-state index is -0.949. The zero-order valence-electron chi connectivity index (χ0n) is 19.4. The highest BCUT2D eigenvalue weighted by Gasteiger charge is 2.44. The van der Waals surface area contributed by atoms with Gasteiger partial charge >= 0.3 is 5.97 Å². The summed E-state index contributed by atoms with van der Waals surface area (Å²) in [5.74, 6) is -1.23. The van der Waals surface area contributed by atoms with E-state index < -0.39 is 5.97 Å². The Labute approximate surface area is 202 Å². The average Bonchev–Trinajstić information content (AvgIpc) is 3.42. The summed E-state index contributed by atoms with van der Waals surface area (Å²) in [6.07, 6.45) is 4.99. The molecule has 6 heteroatoms. The first kappa shape index (κ1) is 21.7. The first-order chi connectivity index (χ1) is 17.0. The van der Waals surface area contributed by atoms with Crippen molar-refractivity contribution in [3.63, 3.8) is 0 Å². The Kier molecular flexibility index (Phi) is 5.07. The normalized spacial score (nSPS) is 15.8. The second-order valence-corrected chi connectivity index (χ2v) is 9.52. The number of halogens is 1. The minimum Gasteiger partial charge on any atom is -0.478 e. The maximum atomic E-state index is 13.9. The molecule has 1 aliphatic heterocycles. The molecule has 176 valence electrons. The highest BCUT2D eigenvalue weighted by molar-refractivity contribution is 6.04. The number of carboxylic acids is 1. The van der Waals surface area contributed by atoms with Gasteiger partial charge in [0.15, 0.2) is 0 Å². The lowest BCUT2D eigenvalue weighted by Crippen LogP contribution is -2.40. The third-order valence-corrected chi connectivity index (χ3v) is 7.46. The van der Waals surface area contributed by atoms with Crippen molar-refractivity contribution in [3.05, 3.63) is 88.9 Å². The molecular formula is C29H25FN2O3. The topological polar surface area (TPSA) is 63.8 Å². The number of ether oxygens (including phenoxy) is 1. The van der Waals surface area contributed by atoms with E-state index in [0.29, 0.717) is 13.2 Å². The predicted octanol–water partition coefficient (Wildman–Crippen LogP) is 6.14. The minimum absolute atomic E-state index is 0.193. The van der Waals surface area contributed by atoms with E-state index in [1.807, 2.05) is 30.5 Å². The summed E-state index contributed by atoms with van der Waals surface area (Å²) in [7, 11) is 1.73. The van der Waals surface area contributed by atoms with Gasteiger partial charge < -0.3 is 14.4 Å². The van der Waals surface area contributed by atoms with Crippen LogP contribution in [0.5, 0.6) is 0 Å². The fraction of sp³-hybridized carbons (Fsp3) is 0.241. The molecule has 6 rings (SSSR count). The molecule has 35 heavy (non-hydrogen) atoms. The van der Waals surface area contributed by atoms with E-state index >= 15 is 0 Å². The van der Waals surface area contributed by atoms with Crippen LogP contribution in [0.15, 0.2) is 65.7 Å². The van der Waals surface area contributed by atoms with Crippen LogP contribution in [0.1, 0.15) is 46.4 Å². The van der Waals surface area contributed by atoms with Gasteiger partial charge in [0.1, 0.15) is 5.82 Å². The molecule has 1 saturated carbocycles. The Morgan fingerprint density at radius 1 is 1.11 bits per heavy atom. The number of carbonyl (C=O) groups is 1. The molecule has 2 heterocycles. The fourth-order valence-corrected chi connectivity index (χ4v) is 5.66. The van der Waals surface area contributed by atoms with E-state index in [1.54, 1.807) is 19.2 Å². The number of methoxy groups -OCH3 is 1. The smallest absolute Gasteiger partial charge is 0.335 e. The summed E-state index contributed by atoms with van der Waals surface area (Å²) in [5, 5.41) is 10.5. The molecule has 0 bridgehead atoms. The zero-order valence-corrected chi connectivity index (χ0v) is 19.4. The van der Waals surface area contributed by atoms with Gasteiger partial charge in [-0.2, -0.15) is 0 Å². The largest absolute Gasteiger partial charge is 0.478 e. The molecule has 0 spiro atoms. The van der Waals surface area contributed by atoms with Gasteiger partial charge in [0.25, 0.3) is 0 Å². The van der Waals surface area contributed by atoms with Gasteiger partial charge in [0, 0.05) is 41.1 Å². The van der Waals surface area contributed by atoms with Gasteiger partial charge in [0.05, 0.1) is 24.2 Å². The summed E-state index contributed by atoms with van der Waals surface area (Å²) in [5.41, 5.74) is 7.39. The number of aliphatic imine (C=N–C) groups is 1. The summed E-state index contributed by atoms with van der Waals surface area (Å²) in [6.45, 7) is 1.22. The maximum absolute atomic E-state index is 13.9. The highest BCUT2D eigenvalue weighted by atomic mass is 19.1. The van der Waals surface area contributed by atoms with Crippen LogP contribution in [-0.4, -0.2) is 35.6 Å². The van der Waals surface area contributed by atoms with Gasteiger partial charge in [0.2, 0.25) is 0 Å². The maximum Gasteiger partial charge on any atom is 0.335 e. The third kappa shape index (κ3) is 3.40. The standard InChI is InChI=1S/C29H25FN2O3/c1-35-17-29(11-2-12-29)27-26(18-3-5-19(6-4-18)28(33)34)24-13-20-15-31-16-21(20)14-25(24)32(27)23-9-7-22(30)8-10-23/h3-10,13-14,16H,2,11-12,15,17H2,1H3,(H,33,34). The number of aromatic carboxylic acids is 1. The Morgan fingerprint density at radius 3 is 2.49 bits per heavy atom. The monoisotopic (exact) mass is 468 g/mol. The highest BCUT2D eigenvalue weighted by Crippen LogP contribution is 2.52. The molecule has 0 atom stereocenters. The Hall–Kier alpha value is -3.77. The van der Waals surface area contributed by atoms with Crippen molar-refractivity contribution in [2.45, 2.75) is 31.2 Å². The van der Waals surface area contributed by atoms with Crippen LogP contribution < -0.4 is 0 Å². The van der Waals surface area contributed by atoms with Gasteiger partial charge in [-0.25, -0.2) is 9.18 Å². The van der Waals surface area contributed by atoms with E-state index in [1.165, 1.54) is 12.1 Å². The lowest BCUT2D eigenvalue weighted by atomic mass is 9.65. The number of fused-ring (bicyclic) bond motifs is 2. The molecule has 4 aromatic rings. The molecule has 0 saturated heterocycles. The Morgan fingerprint density at radius 2 is 1.86 bits per heavy atom. The number of hydrogen-bond donors (Lipinski definition) is 1. The zero-order chi connectivity index (χ0) is 24.2. The molecule has 2 aliphatic rings. The first-order valence-corrected chi connectivity index (χ1v) is 11.8. The number of nitrogens with zero attached hydrogens (tertiary/aromatic N) is 2. The van der Waals surface area contributed by atoms with Crippen LogP contribution in [-0.2, 0) is 16.7 Å². The van der Waals surface area contributed by atoms with Crippen molar-refractivity contribution in [3.8, 4) is 16.8 Å². The van der Waals surface area contributed by atoms with Crippen molar-refractivity contribution in [2.75, 3.05) is 13.7 Å². The number of aromatic nitrogens is 1. The molecule has 0 unspecified atom stereocenters. The quantitative estimate of drug-likeness (QED) is 0.370. The van der Waals surface area contributed by atoms with Gasteiger partial charge in [-0.3, -0.25) is 4.99 Å². The van der Waals surface area contributed by atoms with Crippen LogP contribution in [0.25, 0.3) is 27.7 Å². The predicted molar refractivity (Wildman–Crippen MR) is 134 cm³/mol. The van der Waals surface area contributed by atoms with Crippen LogP contribution in [0, 0.1) is 5.82 Å². The van der Waals surface area contributed by atoms with Crippen molar-refractivity contribution in [2.24, 2.45) is 4.99 Å². The summed E-state index contributed by atoms with van der Waals surface area (Å²) in [4.78, 5) is 16.0. The Balaban J connectivity index is 1.73. The lowest BCUT2D eigenvalue weighted by Gasteiger charge is -2.43. The SMILES string of the molecule is COCC1(c2c(-c3ccc(C(=O)O)cc3)c3cc4c(cc3n2-c2ccc(F)cc2)C=NC4)CCC1. The van der Waals surface area contributed by atoms with Crippen molar-refractivity contribution in [1.82, 2.24) is 4.57 Å². The van der Waals surface area contributed by atoms with E-state index in [2.05, 4.69) is 21.7 Å². The number of rotatable bonds is 6. The van der Waals surface area contributed by atoms with Crippen LogP contribution in [0.3, 0.4) is 0 Å².